The minimum Gasteiger partial charge on any atom is -0.507 e. The molecular weight excluding hydrogens is 1590 g/mol. The van der Waals surface area contributed by atoms with Crippen LogP contribution in [-0.4, -0.2) is 127 Å². The summed E-state index contributed by atoms with van der Waals surface area (Å²) in [7, 11) is 6.25. The van der Waals surface area contributed by atoms with Crippen molar-refractivity contribution >= 4 is 92.6 Å². The molecule has 8 bridgehead atoms. The van der Waals surface area contributed by atoms with Crippen LogP contribution in [0.4, 0.5) is 0 Å². The molecule has 0 spiro atoms. The van der Waals surface area contributed by atoms with Crippen molar-refractivity contribution in [2.45, 2.75) is 0 Å². The minimum atomic E-state index is -0.478. The second kappa shape index (κ2) is 40.7. The van der Waals surface area contributed by atoms with Gasteiger partial charge in [0.1, 0.15) is 46.0 Å². The maximum Gasteiger partial charge on any atom is 2.00 e. The fourth-order valence-electron chi connectivity index (χ4n) is 12.1. The third-order valence-electron chi connectivity index (χ3n) is 18.0. The number of hydrazone groups is 4. The first-order chi connectivity index (χ1) is 58.7. The van der Waals surface area contributed by atoms with Gasteiger partial charge in [0.15, 0.2) is 0 Å². The Morgan fingerprint density at radius 1 is 0.273 bits per heavy atom. The van der Waals surface area contributed by atoms with E-state index in [1.54, 1.807) is 101 Å². The normalized spacial score (nSPS) is 10.9. The van der Waals surface area contributed by atoms with Crippen molar-refractivity contribution in [2.24, 2.45) is 20.4 Å². The number of fused-ring (bicyclic) bond motifs is 20. The van der Waals surface area contributed by atoms with Crippen LogP contribution in [0, 0.1) is 0 Å². The molecule has 3 aromatic heterocycles. The standard InChI is InChI=1S/C32H16N8.4C15H14N2O3.Zn/c1-2-10-18-17(9-1)25-33-26(18)38-28-21-13-5-6-14-22(21)30(35-28)40-32-24-16-8-7-15-23(24)31(36-32)39-29-20-12-4-3-11-19(20)27(34-29)37-25;4*1-20-14-9-5-2-6-11(14)10-16-17-15(19)12-7-3-4-8-13(12)18;/h1-16H;4*2-10,18H,1H3,(H,17,19);/q-2;;;;;+2/b;4*16-10+;. The zero-order chi connectivity index (χ0) is 83.7. The molecule has 0 aliphatic carbocycles. The van der Waals surface area contributed by atoms with E-state index in [0.717, 1.165) is 66.1 Å². The quantitative estimate of drug-likeness (QED) is 0.0253. The molecule has 0 unspecified atom stereocenters. The molecule has 17 rings (SSSR count). The molecule has 29 heteroatoms. The van der Waals surface area contributed by atoms with Gasteiger partial charge in [0.05, 0.1) is 98.8 Å². The van der Waals surface area contributed by atoms with Gasteiger partial charge in [-0.2, -0.15) is 20.4 Å². The van der Waals surface area contributed by atoms with E-state index >= 15 is 0 Å². The molecule has 12 aromatic carbocycles. The van der Waals surface area contributed by atoms with Crippen LogP contribution >= 0.6 is 0 Å². The fourth-order valence-corrected chi connectivity index (χ4v) is 12.1. The van der Waals surface area contributed by atoms with E-state index in [-0.39, 0.29) is 64.7 Å². The van der Waals surface area contributed by atoms with Crippen LogP contribution in [0.15, 0.2) is 312 Å². The predicted octanol–water partition coefficient (Wildman–Crippen LogP) is 14.8. The molecule has 594 valence electrons. The molecular formula is C92H72N16O12Zn. The van der Waals surface area contributed by atoms with Crippen molar-refractivity contribution in [2.75, 3.05) is 28.4 Å². The molecule has 0 atom stereocenters. The first-order valence-electron chi connectivity index (χ1n) is 36.7. The number of rotatable bonds is 16. The Morgan fingerprint density at radius 3 is 0.678 bits per heavy atom. The largest absolute Gasteiger partial charge is 2.00 e. The van der Waals surface area contributed by atoms with Crippen molar-refractivity contribution in [1.29, 1.82) is 0 Å². The van der Waals surface area contributed by atoms with Crippen LogP contribution < -0.4 is 50.6 Å². The maximum absolute atomic E-state index is 11.8. The summed E-state index contributed by atoms with van der Waals surface area (Å²) >= 11 is 0. The van der Waals surface area contributed by atoms with E-state index in [1.807, 2.05) is 170 Å². The number of phenols is 4. The van der Waals surface area contributed by atoms with E-state index in [4.69, 9.17) is 58.8 Å². The number of benzene rings is 12. The maximum atomic E-state index is 11.8. The molecule has 0 radical (unpaired) electrons. The molecule has 8 N–H and O–H groups in total. The average molecular weight is 1660 g/mol. The molecule has 2 aliphatic heterocycles. The van der Waals surface area contributed by atoms with E-state index in [2.05, 4.69) is 42.1 Å². The van der Waals surface area contributed by atoms with Gasteiger partial charge < -0.3 is 69.3 Å². The van der Waals surface area contributed by atoms with Gasteiger partial charge >= 0.3 is 19.5 Å². The Labute approximate surface area is 704 Å². The van der Waals surface area contributed by atoms with Gasteiger partial charge in [-0.05, 0) is 119 Å². The minimum absolute atomic E-state index is 0. The van der Waals surface area contributed by atoms with Crippen molar-refractivity contribution < 1.29 is 78.0 Å². The van der Waals surface area contributed by atoms with E-state index < -0.39 is 23.6 Å². The molecule has 2 aliphatic rings. The van der Waals surface area contributed by atoms with Crippen LogP contribution in [0.25, 0.3) is 89.7 Å². The van der Waals surface area contributed by atoms with E-state index in [9.17, 15) is 39.6 Å². The number of aromatic hydroxyl groups is 4. The summed E-state index contributed by atoms with van der Waals surface area (Å²) < 4.78 is 20.7. The SMILES string of the molecule is COc1ccccc1/C=N/NC(=O)c1ccccc1O.COc1ccccc1/C=N/NC(=O)c1ccccc1O.COc1ccccc1/C=N/NC(=O)c1ccccc1O.COc1ccccc1/C=N/NC(=O)c1ccccc1O.[Zn+2].c1ccc2c(c1)-c1nc-2nc2[n-]c(nc3nc(nc4[n-]c(n1)c1ccccc41)-c1ccccc1-3)c1ccccc21. The van der Waals surface area contributed by atoms with Gasteiger partial charge in [-0.15, -0.1) is 0 Å². The molecule has 5 heterocycles. The van der Waals surface area contributed by atoms with Gasteiger partial charge in [0, 0.05) is 67.1 Å². The van der Waals surface area contributed by atoms with Gasteiger partial charge in [-0.3, -0.25) is 19.2 Å². The van der Waals surface area contributed by atoms with E-state index in [0.29, 0.717) is 68.9 Å². The molecule has 4 amide bonds. The van der Waals surface area contributed by atoms with Gasteiger partial charge in [0.2, 0.25) is 0 Å². The number of carbonyl (C=O) groups excluding carboxylic acids is 4. The number of amides is 4. The molecule has 28 nitrogen and oxygen atoms in total. The average Bonchev–Trinajstić information content (AvgIpc) is 1.60. The molecule has 0 saturated heterocycles. The summed E-state index contributed by atoms with van der Waals surface area (Å²) in [4.78, 5) is 86.4. The van der Waals surface area contributed by atoms with Gasteiger partial charge in [-0.25, -0.2) is 31.7 Å². The molecule has 0 saturated carbocycles. The zero-order valence-corrected chi connectivity index (χ0v) is 68.1. The van der Waals surface area contributed by atoms with Crippen molar-refractivity contribution in [3.63, 3.8) is 0 Å². The fraction of sp³-hybridized carbons (Fsp3) is 0.0435. The van der Waals surface area contributed by atoms with Crippen LogP contribution in [0.1, 0.15) is 63.7 Å². The Balaban J connectivity index is 0.000000145. The smallest absolute Gasteiger partial charge is 0.507 e. The van der Waals surface area contributed by atoms with Crippen molar-refractivity contribution in [3.05, 3.63) is 336 Å². The number of hydrogen-bond donors (Lipinski definition) is 8. The van der Waals surface area contributed by atoms with E-state index in [1.165, 1.54) is 73.4 Å². The van der Waals surface area contributed by atoms with Crippen LogP contribution in [-0.2, 0) is 19.5 Å². The zero-order valence-electron chi connectivity index (χ0n) is 65.2. The molecule has 121 heavy (non-hydrogen) atoms. The Bertz CT molecular complexity index is 5820. The summed E-state index contributed by atoms with van der Waals surface area (Å²) in [6, 6.07) is 86.1. The second-order valence-electron chi connectivity index (χ2n) is 25.5. The third-order valence-corrected chi connectivity index (χ3v) is 18.0. The van der Waals surface area contributed by atoms with Crippen LogP contribution in [0.3, 0.4) is 0 Å². The number of para-hydroxylation sites is 8. The van der Waals surface area contributed by atoms with Gasteiger partial charge in [-0.1, -0.05) is 194 Å². The van der Waals surface area contributed by atoms with Crippen LogP contribution in [0.5, 0.6) is 46.0 Å². The number of nitrogens with zero attached hydrogens (tertiary/aromatic N) is 12. The first kappa shape index (κ1) is 84.0. The summed E-state index contributed by atoms with van der Waals surface area (Å²) in [5, 5.41) is 57.2. The third kappa shape index (κ3) is 20.6. The second-order valence-corrected chi connectivity index (χ2v) is 25.5. The van der Waals surface area contributed by atoms with Crippen LogP contribution in [0.2, 0.25) is 0 Å². The number of aromatic nitrogens is 8. The number of methoxy groups -OCH3 is 4. The summed E-state index contributed by atoms with van der Waals surface area (Å²) in [5.41, 5.74) is 18.9. The molecule has 0 fully saturated rings. The predicted molar refractivity (Wildman–Crippen MR) is 459 cm³/mol. The van der Waals surface area contributed by atoms with Gasteiger partial charge in [0.25, 0.3) is 23.6 Å². The summed E-state index contributed by atoms with van der Waals surface area (Å²) in [5.74, 6) is 2.60. The van der Waals surface area contributed by atoms with Crippen molar-refractivity contribution in [3.8, 4) is 91.5 Å². The summed E-state index contributed by atoms with van der Waals surface area (Å²) in [6.07, 6.45) is 5.93. The number of ether oxygens (including phenoxy) is 4. The van der Waals surface area contributed by atoms with Crippen molar-refractivity contribution in [1.82, 2.24) is 61.6 Å². The number of phenolic OH excluding ortho intramolecular Hbond substituents is 4. The number of carbonyl (C=O) groups is 4. The number of hydrogen-bond acceptors (Lipinski definition) is 22. The summed E-state index contributed by atoms with van der Waals surface area (Å²) in [6.45, 7) is 0. The number of nitrogens with one attached hydrogen (secondary N) is 4. The Hall–Kier alpha value is -16.4. The first-order valence-corrected chi connectivity index (χ1v) is 36.7. The monoisotopic (exact) mass is 1660 g/mol. The molecule has 15 aromatic rings. The Kier molecular flexibility index (Phi) is 28.3. The Morgan fingerprint density at radius 2 is 0.463 bits per heavy atom. The topological polar surface area (TPSA) is 389 Å².